The van der Waals surface area contributed by atoms with Crippen LogP contribution in [0.5, 0.6) is 0 Å². The van der Waals surface area contributed by atoms with Gasteiger partial charge in [0, 0.05) is 11.3 Å². The number of halogens is 2. The standard InChI is InChI=1S/C12H10F2N2O2S/c13-10(14)7-4-8-19(17)12-16-15-11(18-12)9-5-2-1-3-6-9/h1-3,5-7H,4,8H2. The largest absolute Gasteiger partial charge is 0.410 e. The van der Waals surface area contributed by atoms with Crippen LogP contribution in [-0.4, -0.2) is 20.2 Å². The highest BCUT2D eigenvalue weighted by molar-refractivity contribution is 7.84. The van der Waals surface area contributed by atoms with Crippen LogP contribution in [0.25, 0.3) is 11.5 Å². The predicted octanol–water partition coefficient (Wildman–Crippen LogP) is 3.01. The molecule has 7 heteroatoms. The van der Waals surface area contributed by atoms with Gasteiger partial charge in [0.25, 0.3) is 6.08 Å². The first-order valence-electron chi connectivity index (χ1n) is 5.45. The van der Waals surface area contributed by atoms with Crippen molar-refractivity contribution in [2.24, 2.45) is 0 Å². The molecule has 1 aromatic carbocycles. The van der Waals surface area contributed by atoms with E-state index in [0.29, 0.717) is 11.6 Å². The number of rotatable bonds is 5. The van der Waals surface area contributed by atoms with E-state index in [1.165, 1.54) is 0 Å². The molecule has 0 radical (unpaired) electrons. The van der Waals surface area contributed by atoms with Gasteiger partial charge in [0.15, 0.2) is 0 Å². The van der Waals surface area contributed by atoms with Gasteiger partial charge >= 0.3 is 5.22 Å². The van der Waals surface area contributed by atoms with E-state index in [9.17, 15) is 13.0 Å². The first-order chi connectivity index (χ1) is 9.16. The summed E-state index contributed by atoms with van der Waals surface area (Å²) in [5.41, 5.74) is 0.716. The molecule has 2 aromatic rings. The first-order valence-corrected chi connectivity index (χ1v) is 6.77. The molecule has 100 valence electrons. The van der Waals surface area contributed by atoms with Crippen LogP contribution in [0.1, 0.15) is 6.42 Å². The zero-order valence-corrected chi connectivity index (χ0v) is 10.6. The quantitative estimate of drug-likeness (QED) is 0.847. The van der Waals surface area contributed by atoms with Gasteiger partial charge in [-0.25, -0.2) is 4.21 Å². The fourth-order valence-corrected chi connectivity index (χ4v) is 2.17. The summed E-state index contributed by atoms with van der Waals surface area (Å²) < 4.78 is 40.6. The van der Waals surface area contributed by atoms with Gasteiger partial charge in [-0.3, -0.25) is 0 Å². The van der Waals surface area contributed by atoms with Crippen LogP contribution >= 0.6 is 0 Å². The Balaban J connectivity index is 2.05. The molecule has 0 spiro atoms. The molecule has 0 amide bonds. The molecule has 0 aliphatic rings. The van der Waals surface area contributed by atoms with E-state index in [-0.39, 0.29) is 23.3 Å². The Morgan fingerprint density at radius 2 is 2.00 bits per heavy atom. The van der Waals surface area contributed by atoms with Crippen molar-refractivity contribution in [2.75, 3.05) is 5.75 Å². The molecular formula is C12H10F2N2O2S. The summed E-state index contributed by atoms with van der Waals surface area (Å²) in [7, 11) is -1.57. The average Bonchev–Trinajstić information content (AvgIpc) is 2.89. The van der Waals surface area contributed by atoms with Gasteiger partial charge in [-0.15, -0.1) is 5.10 Å². The third-order valence-electron chi connectivity index (χ3n) is 2.22. The Labute approximate surface area is 110 Å². The Hall–Kier alpha value is -1.89. The third kappa shape index (κ3) is 3.78. The number of hydrogen-bond acceptors (Lipinski definition) is 4. The van der Waals surface area contributed by atoms with Crippen molar-refractivity contribution in [2.45, 2.75) is 11.6 Å². The third-order valence-corrected chi connectivity index (χ3v) is 3.38. The lowest BCUT2D eigenvalue weighted by Gasteiger charge is -1.93. The molecule has 2 rings (SSSR count). The van der Waals surface area contributed by atoms with E-state index in [1.54, 1.807) is 12.1 Å². The van der Waals surface area contributed by atoms with E-state index < -0.39 is 16.9 Å². The Kier molecular flexibility index (Phi) is 4.51. The topological polar surface area (TPSA) is 56.0 Å². The molecule has 0 saturated carbocycles. The summed E-state index contributed by atoms with van der Waals surface area (Å²) in [6, 6.07) is 9.02. The SMILES string of the molecule is O=S(CCC=C(F)F)c1nnc(-c2ccccc2)o1. The number of hydrogen-bond donors (Lipinski definition) is 0. The van der Waals surface area contributed by atoms with Crippen molar-refractivity contribution in [3.8, 4) is 11.5 Å². The summed E-state index contributed by atoms with van der Waals surface area (Å²) in [5, 5.41) is 7.39. The van der Waals surface area contributed by atoms with E-state index in [1.807, 2.05) is 18.2 Å². The van der Waals surface area contributed by atoms with Crippen molar-refractivity contribution in [1.29, 1.82) is 0 Å². The molecule has 1 heterocycles. The number of allylic oxidation sites excluding steroid dienone is 1. The normalized spacial score (nSPS) is 12.1. The van der Waals surface area contributed by atoms with Gasteiger partial charge in [-0.05, 0) is 24.6 Å². The second kappa shape index (κ2) is 6.33. The van der Waals surface area contributed by atoms with Crippen LogP contribution in [0, 0.1) is 0 Å². The summed E-state index contributed by atoms with van der Waals surface area (Å²) in [6.07, 6.45) is -1.07. The van der Waals surface area contributed by atoms with Crippen LogP contribution in [0.15, 0.2) is 52.1 Å². The molecule has 0 saturated heterocycles. The predicted molar refractivity (Wildman–Crippen MR) is 65.9 cm³/mol. The van der Waals surface area contributed by atoms with Gasteiger partial charge in [0.2, 0.25) is 5.89 Å². The molecule has 0 aliphatic heterocycles. The van der Waals surface area contributed by atoms with Crippen LogP contribution in [-0.2, 0) is 10.8 Å². The number of nitrogens with zero attached hydrogens (tertiary/aromatic N) is 2. The average molecular weight is 284 g/mol. The van der Waals surface area contributed by atoms with Gasteiger partial charge in [-0.1, -0.05) is 23.3 Å². The molecule has 0 aliphatic carbocycles. The zero-order valence-electron chi connectivity index (χ0n) is 9.75. The van der Waals surface area contributed by atoms with Crippen LogP contribution < -0.4 is 0 Å². The van der Waals surface area contributed by atoms with Crippen molar-refractivity contribution in [3.05, 3.63) is 42.5 Å². The fourth-order valence-electron chi connectivity index (χ4n) is 1.36. The van der Waals surface area contributed by atoms with Gasteiger partial charge in [-0.2, -0.15) is 8.78 Å². The molecular weight excluding hydrogens is 274 g/mol. The maximum Gasteiger partial charge on any atom is 0.307 e. The monoisotopic (exact) mass is 284 g/mol. The van der Waals surface area contributed by atoms with E-state index in [2.05, 4.69) is 10.2 Å². The molecule has 4 nitrogen and oxygen atoms in total. The van der Waals surface area contributed by atoms with E-state index >= 15 is 0 Å². The molecule has 1 atom stereocenters. The second-order valence-electron chi connectivity index (χ2n) is 3.57. The smallest absolute Gasteiger partial charge is 0.307 e. The van der Waals surface area contributed by atoms with Crippen molar-refractivity contribution >= 4 is 10.8 Å². The molecule has 0 N–H and O–H groups in total. The Morgan fingerprint density at radius 3 is 2.68 bits per heavy atom. The van der Waals surface area contributed by atoms with Gasteiger partial charge in [0.1, 0.15) is 10.8 Å². The lowest BCUT2D eigenvalue weighted by molar-refractivity contribution is 0.418. The van der Waals surface area contributed by atoms with E-state index in [0.717, 1.165) is 0 Å². The minimum absolute atomic E-state index is 0.00199. The van der Waals surface area contributed by atoms with Crippen molar-refractivity contribution < 1.29 is 17.4 Å². The molecule has 0 bridgehead atoms. The van der Waals surface area contributed by atoms with Crippen LogP contribution in [0.2, 0.25) is 0 Å². The van der Waals surface area contributed by atoms with Gasteiger partial charge < -0.3 is 4.42 Å². The first kappa shape index (κ1) is 13.5. The van der Waals surface area contributed by atoms with E-state index in [4.69, 9.17) is 4.42 Å². The van der Waals surface area contributed by atoms with Crippen LogP contribution in [0.3, 0.4) is 0 Å². The van der Waals surface area contributed by atoms with Gasteiger partial charge in [0.05, 0.1) is 0 Å². The number of aromatic nitrogens is 2. The van der Waals surface area contributed by atoms with Crippen molar-refractivity contribution in [1.82, 2.24) is 10.2 Å². The Bertz CT molecular complexity index is 595. The summed E-state index contributed by atoms with van der Waals surface area (Å²) >= 11 is 0. The maximum atomic E-state index is 11.8. The summed E-state index contributed by atoms with van der Waals surface area (Å²) in [6.45, 7) is 0. The zero-order chi connectivity index (χ0) is 13.7. The lowest BCUT2D eigenvalue weighted by Crippen LogP contribution is -1.97. The lowest BCUT2D eigenvalue weighted by atomic mass is 10.2. The highest BCUT2D eigenvalue weighted by Gasteiger charge is 2.13. The number of benzene rings is 1. The molecule has 1 unspecified atom stereocenters. The minimum Gasteiger partial charge on any atom is -0.410 e. The Morgan fingerprint density at radius 1 is 1.26 bits per heavy atom. The highest BCUT2D eigenvalue weighted by atomic mass is 32.2. The summed E-state index contributed by atoms with van der Waals surface area (Å²) in [4.78, 5) is 0. The summed E-state index contributed by atoms with van der Waals surface area (Å²) in [5.74, 6) is 0.282. The van der Waals surface area contributed by atoms with Crippen LogP contribution in [0.4, 0.5) is 8.78 Å². The second-order valence-corrected chi connectivity index (χ2v) is 5.02. The highest BCUT2D eigenvalue weighted by Crippen LogP contribution is 2.18. The molecule has 1 aromatic heterocycles. The van der Waals surface area contributed by atoms with Crippen molar-refractivity contribution in [3.63, 3.8) is 0 Å². The maximum absolute atomic E-state index is 11.8. The molecule has 19 heavy (non-hydrogen) atoms. The minimum atomic E-state index is -1.78. The molecule has 0 fully saturated rings. The fraction of sp³-hybridized carbons (Fsp3) is 0.167.